The molecule has 1 aliphatic rings. The molecule has 6 heteroatoms. The van der Waals surface area contributed by atoms with Crippen molar-refractivity contribution in [2.45, 2.75) is 32.1 Å². The number of nitrogens with zero attached hydrogens (tertiary/aromatic N) is 2. The summed E-state index contributed by atoms with van der Waals surface area (Å²) in [7, 11) is 0. The predicted octanol–water partition coefficient (Wildman–Crippen LogP) is 6.13. The fraction of sp³-hybridized carbons (Fsp3) is 0.368. The molecule has 0 amide bonds. The molecule has 2 aromatic heterocycles. The standard InChI is InChI=1S/C19H20ClN3OS/c20-15-8-9-21-12-17(15)24-14-6-7-16-18(10-14)25-19(23-16)22-11-13-4-2-1-3-5-13/h6-10,12-13H,1-5,11H2,(H,22,23). The third-order valence-electron chi connectivity index (χ3n) is 4.59. The predicted molar refractivity (Wildman–Crippen MR) is 104 cm³/mol. The lowest BCUT2D eigenvalue weighted by molar-refractivity contribution is 0.373. The summed E-state index contributed by atoms with van der Waals surface area (Å²) in [5.74, 6) is 2.08. The fourth-order valence-electron chi connectivity index (χ4n) is 3.23. The second-order valence-corrected chi connectivity index (χ2v) is 7.88. The van der Waals surface area contributed by atoms with Gasteiger partial charge < -0.3 is 10.1 Å². The van der Waals surface area contributed by atoms with E-state index in [4.69, 9.17) is 16.3 Å². The summed E-state index contributed by atoms with van der Waals surface area (Å²) in [6, 6.07) is 7.62. The van der Waals surface area contributed by atoms with Crippen LogP contribution in [-0.2, 0) is 0 Å². The highest BCUT2D eigenvalue weighted by molar-refractivity contribution is 7.22. The summed E-state index contributed by atoms with van der Waals surface area (Å²) < 4.78 is 6.95. The maximum Gasteiger partial charge on any atom is 0.183 e. The number of hydrogen-bond donors (Lipinski definition) is 1. The van der Waals surface area contributed by atoms with Gasteiger partial charge in [-0.3, -0.25) is 4.98 Å². The monoisotopic (exact) mass is 373 g/mol. The molecular weight excluding hydrogens is 354 g/mol. The molecular formula is C19H20ClN3OS. The molecule has 4 rings (SSSR count). The molecule has 1 N–H and O–H groups in total. The molecule has 2 heterocycles. The average molecular weight is 374 g/mol. The number of halogens is 1. The maximum absolute atomic E-state index is 6.13. The minimum atomic E-state index is 0.550. The van der Waals surface area contributed by atoms with Crippen molar-refractivity contribution in [3.8, 4) is 11.5 Å². The van der Waals surface area contributed by atoms with Gasteiger partial charge in [0.2, 0.25) is 0 Å². The van der Waals surface area contributed by atoms with Crippen LogP contribution in [0.2, 0.25) is 5.02 Å². The van der Waals surface area contributed by atoms with Crippen LogP contribution in [0.15, 0.2) is 36.7 Å². The summed E-state index contributed by atoms with van der Waals surface area (Å²) in [5, 5.41) is 5.05. The first-order chi connectivity index (χ1) is 12.3. The number of rotatable bonds is 5. The highest BCUT2D eigenvalue weighted by Gasteiger charge is 2.14. The second kappa shape index (κ2) is 7.58. The van der Waals surface area contributed by atoms with E-state index in [1.54, 1.807) is 29.8 Å². The molecule has 1 aromatic carbocycles. The van der Waals surface area contributed by atoms with Crippen LogP contribution < -0.4 is 10.1 Å². The number of ether oxygens (including phenoxy) is 1. The Hall–Kier alpha value is -1.85. The molecule has 130 valence electrons. The van der Waals surface area contributed by atoms with E-state index in [1.807, 2.05) is 18.2 Å². The molecule has 4 nitrogen and oxygen atoms in total. The average Bonchev–Trinajstić information content (AvgIpc) is 3.05. The third-order valence-corrected chi connectivity index (χ3v) is 5.88. The number of aromatic nitrogens is 2. The van der Waals surface area contributed by atoms with E-state index < -0.39 is 0 Å². The van der Waals surface area contributed by atoms with Crippen LogP contribution in [0.5, 0.6) is 11.5 Å². The van der Waals surface area contributed by atoms with Gasteiger partial charge in [-0.15, -0.1) is 0 Å². The van der Waals surface area contributed by atoms with E-state index in [1.165, 1.54) is 32.1 Å². The van der Waals surface area contributed by atoms with Crippen molar-refractivity contribution in [2.75, 3.05) is 11.9 Å². The van der Waals surface area contributed by atoms with Crippen LogP contribution >= 0.6 is 22.9 Å². The summed E-state index contributed by atoms with van der Waals surface area (Å²) in [4.78, 5) is 8.72. The van der Waals surface area contributed by atoms with Crippen molar-refractivity contribution in [1.82, 2.24) is 9.97 Å². The highest BCUT2D eigenvalue weighted by Crippen LogP contribution is 2.33. The maximum atomic E-state index is 6.13. The summed E-state index contributed by atoms with van der Waals surface area (Å²) in [6.07, 6.45) is 10.1. The van der Waals surface area contributed by atoms with E-state index in [0.717, 1.165) is 33.6 Å². The van der Waals surface area contributed by atoms with Gasteiger partial charge in [0.15, 0.2) is 10.9 Å². The van der Waals surface area contributed by atoms with Gasteiger partial charge in [-0.25, -0.2) is 4.98 Å². The van der Waals surface area contributed by atoms with E-state index >= 15 is 0 Å². The molecule has 1 aliphatic carbocycles. The SMILES string of the molecule is Clc1ccncc1Oc1ccc2nc(NCC3CCCCC3)sc2c1. The van der Waals surface area contributed by atoms with E-state index in [0.29, 0.717) is 10.8 Å². The summed E-state index contributed by atoms with van der Waals surface area (Å²) in [5.41, 5.74) is 0.987. The number of pyridine rings is 1. The van der Waals surface area contributed by atoms with E-state index in [9.17, 15) is 0 Å². The van der Waals surface area contributed by atoms with Gasteiger partial charge in [0.05, 0.1) is 21.4 Å². The number of nitrogens with one attached hydrogen (secondary N) is 1. The van der Waals surface area contributed by atoms with Crippen molar-refractivity contribution in [1.29, 1.82) is 0 Å². The molecule has 25 heavy (non-hydrogen) atoms. The minimum Gasteiger partial charge on any atom is -0.454 e. The molecule has 0 radical (unpaired) electrons. The van der Waals surface area contributed by atoms with Gasteiger partial charge in [-0.05, 0) is 37.0 Å². The normalized spacial score (nSPS) is 15.4. The Morgan fingerprint density at radius 1 is 1.20 bits per heavy atom. The van der Waals surface area contributed by atoms with Crippen LogP contribution in [-0.4, -0.2) is 16.5 Å². The topological polar surface area (TPSA) is 47.0 Å². The van der Waals surface area contributed by atoms with E-state index in [2.05, 4.69) is 15.3 Å². The molecule has 0 aliphatic heterocycles. The molecule has 3 aromatic rings. The zero-order valence-corrected chi connectivity index (χ0v) is 15.4. The minimum absolute atomic E-state index is 0.550. The van der Waals surface area contributed by atoms with Gasteiger partial charge in [0, 0.05) is 18.8 Å². The van der Waals surface area contributed by atoms with Crippen LogP contribution in [0.3, 0.4) is 0 Å². The van der Waals surface area contributed by atoms with Gasteiger partial charge in [0.1, 0.15) is 5.75 Å². The van der Waals surface area contributed by atoms with Gasteiger partial charge >= 0.3 is 0 Å². The lowest BCUT2D eigenvalue weighted by Crippen LogP contribution is -2.16. The van der Waals surface area contributed by atoms with Crippen molar-refractivity contribution in [3.05, 3.63) is 41.7 Å². The Morgan fingerprint density at radius 2 is 2.08 bits per heavy atom. The summed E-state index contributed by atoms with van der Waals surface area (Å²) >= 11 is 7.79. The quantitative estimate of drug-likeness (QED) is 0.584. The Morgan fingerprint density at radius 3 is 2.92 bits per heavy atom. The lowest BCUT2D eigenvalue weighted by Gasteiger charge is -2.21. The molecule has 1 fully saturated rings. The Balaban J connectivity index is 1.46. The molecule has 1 saturated carbocycles. The van der Waals surface area contributed by atoms with Gasteiger partial charge in [-0.2, -0.15) is 0 Å². The van der Waals surface area contributed by atoms with Crippen molar-refractivity contribution >= 4 is 38.3 Å². The molecule has 0 bridgehead atoms. The zero-order valence-electron chi connectivity index (χ0n) is 13.9. The van der Waals surface area contributed by atoms with Crippen LogP contribution in [0.4, 0.5) is 5.13 Å². The Bertz CT molecular complexity index is 861. The van der Waals surface area contributed by atoms with Gasteiger partial charge in [0.25, 0.3) is 0 Å². The van der Waals surface area contributed by atoms with Crippen LogP contribution in [0.25, 0.3) is 10.2 Å². The first-order valence-corrected chi connectivity index (χ1v) is 9.89. The highest BCUT2D eigenvalue weighted by atomic mass is 35.5. The number of benzene rings is 1. The largest absolute Gasteiger partial charge is 0.454 e. The lowest BCUT2D eigenvalue weighted by atomic mass is 9.89. The molecule has 0 unspecified atom stereocenters. The van der Waals surface area contributed by atoms with Crippen LogP contribution in [0, 0.1) is 5.92 Å². The smallest absolute Gasteiger partial charge is 0.183 e. The Labute approximate surface area is 156 Å². The number of fused-ring (bicyclic) bond motifs is 1. The summed E-state index contributed by atoms with van der Waals surface area (Å²) in [6.45, 7) is 1.02. The Kier molecular flexibility index (Phi) is 5.04. The van der Waals surface area contributed by atoms with Crippen molar-refractivity contribution in [3.63, 3.8) is 0 Å². The van der Waals surface area contributed by atoms with Crippen LogP contribution in [0.1, 0.15) is 32.1 Å². The fourth-order valence-corrected chi connectivity index (χ4v) is 4.28. The third kappa shape index (κ3) is 4.05. The van der Waals surface area contributed by atoms with Crippen molar-refractivity contribution in [2.24, 2.45) is 5.92 Å². The molecule has 0 saturated heterocycles. The van der Waals surface area contributed by atoms with Gasteiger partial charge in [-0.1, -0.05) is 42.2 Å². The number of anilines is 1. The van der Waals surface area contributed by atoms with E-state index in [-0.39, 0.29) is 0 Å². The molecule has 0 atom stereocenters. The number of hydrogen-bond acceptors (Lipinski definition) is 5. The van der Waals surface area contributed by atoms with Crippen molar-refractivity contribution < 1.29 is 4.74 Å². The second-order valence-electron chi connectivity index (χ2n) is 6.44. The zero-order chi connectivity index (χ0) is 17.1. The number of thiazole rings is 1. The molecule has 0 spiro atoms. The first-order valence-electron chi connectivity index (χ1n) is 8.70. The first kappa shape index (κ1) is 16.6.